The Labute approximate surface area is 403 Å². The third kappa shape index (κ3) is 8.73. The first-order chi connectivity index (χ1) is 32.4. The van der Waals surface area contributed by atoms with Crippen LogP contribution in [0.4, 0.5) is 11.4 Å². The molecule has 8 atom stereocenters. The van der Waals surface area contributed by atoms with E-state index in [2.05, 4.69) is 54.2 Å². The number of thiocyanates is 1. The largest absolute Gasteiger partial charge is 0.381 e. The minimum absolute atomic E-state index is 0.0238. The number of methoxy groups -OCH3 is 2. The number of fused-ring (bicyclic) bond motifs is 4. The fourth-order valence-electron chi connectivity index (χ4n) is 12.1. The molecule has 0 bridgehead atoms. The lowest BCUT2D eigenvalue weighted by atomic mass is 9.58. The summed E-state index contributed by atoms with van der Waals surface area (Å²) in [5.41, 5.74) is 8.70. The van der Waals surface area contributed by atoms with Gasteiger partial charge in [0.2, 0.25) is 0 Å². The number of benzene rings is 2. The van der Waals surface area contributed by atoms with Crippen molar-refractivity contribution in [3.8, 4) is 5.40 Å². The van der Waals surface area contributed by atoms with E-state index in [0.717, 1.165) is 98.2 Å². The molecule has 14 nitrogen and oxygen atoms in total. The molecule has 3 spiro atoms. The zero-order valence-corrected chi connectivity index (χ0v) is 40.5. The van der Waals surface area contributed by atoms with Crippen molar-refractivity contribution in [2.45, 2.75) is 121 Å². The zero-order valence-electron chi connectivity index (χ0n) is 38.8. The summed E-state index contributed by atoms with van der Waals surface area (Å²) in [5.74, 6) is 1.92. The van der Waals surface area contributed by atoms with E-state index in [1.807, 2.05) is 36.4 Å². The van der Waals surface area contributed by atoms with Crippen LogP contribution in [0.1, 0.15) is 106 Å². The van der Waals surface area contributed by atoms with Crippen molar-refractivity contribution in [3.05, 3.63) is 130 Å². The van der Waals surface area contributed by atoms with Gasteiger partial charge in [-0.3, -0.25) is 14.5 Å². The first-order valence-corrected chi connectivity index (χ1v) is 24.1. The fourth-order valence-corrected chi connectivity index (χ4v) is 13.5. The number of ketones is 1. The number of amides is 1. The summed E-state index contributed by atoms with van der Waals surface area (Å²) in [7, 11) is 3.54. The van der Waals surface area contributed by atoms with Crippen LogP contribution in [-0.2, 0) is 55.3 Å². The summed E-state index contributed by atoms with van der Waals surface area (Å²) in [6.07, 6.45) is 15.9. The number of ether oxygens (including phenoxy) is 2. The molecule has 3 heterocycles. The molecular weight excluding hydrogens is 881 g/mol. The topological polar surface area (TPSA) is 178 Å². The van der Waals surface area contributed by atoms with E-state index in [9.17, 15) is 14.9 Å². The van der Waals surface area contributed by atoms with Crippen molar-refractivity contribution in [3.63, 3.8) is 0 Å². The summed E-state index contributed by atoms with van der Waals surface area (Å²) >= 11 is 6.82. The Balaban J connectivity index is 0.000000174. The third-order valence-electron chi connectivity index (χ3n) is 15.2. The number of nitrogens with one attached hydrogen (secondary N) is 1. The minimum Gasteiger partial charge on any atom is -0.381 e. The normalized spacial score (nSPS) is 28.8. The number of thiocarbonyl (C=S) groups is 1. The summed E-state index contributed by atoms with van der Waals surface area (Å²) in [5, 5.41) is 15.7. The lowest BCUT2D eigenvalue weighted by molar-refractivity contribution is -0.140. The predicted molar refractivity (Wildman–Crippen MR) is 260 cm³/mol. The molecule has 4 aliphatic carbocycles. The van der Waals surface area contributed by atoms with Gasteiger partial charge >= 0.3 is 0 Å². The molecule has 2 saturated carbocycles. The SMILES string of the molecule is NCc1ncccn1.[C-]#[N+]c1ccc2c(c1)[C@@](SC#N)(C(C)=O)[C@@]1(CC[C@@H](OC)[C@H](CC)C1)C2.[C-]#[N+]c1ccc2c(c1)[C@]1(NC(=S)N(Cc3ncccn3)C1=O)[C@@]1(CC[C@@H](OC)[C@H](CC)C1)C2. The van der Waals surface area contributed by atoms with Crippen LogP contribution >= 0.6 is 24.0 Å². The number of hydrogen-bond acceptors (Lipinski definition) is 12. The number of hydrogen-bond donors (Lipinski definition) is 2. The first-order valence-electron chi connectivity index (χ1n) is 22.9. The maximum atomic E-state index is 14.3. The number of carbonyl (C=O) groups excluding carboxylic acids is 2. The minimum atomic E-state index is -0.985. The van der Waals surface area contributed by atoms with E-state index >= 15 is 0 Å². The van der Waals surface area contributed by atoms with Crippen LogP contribution in [0.3, 0.4) is 0 Å². The average molecular weight is 939 g/mol. The number of nitriles is 1. The standard InChI is InChI=1S/C25H27N5O2S.C21H24N2O2S.C5H7N3/c1-4-16-13-24(9-8-20(16)32-3)14-17-6-7-18(26-2)12-19(17)25(24)22(31)30(23(33)29-25)15-21-27-10-5-11-28-21;1-5-15-11-20(9-8-19(15)25-4)12-16-6-7-17(23-3)10-18(16)21(20,14(2)24)26-13-22;6-4-5-7-2-1-3-8-5/h5-7,10-12,16,20H,4,8-9,13-15H2,1,3H3,(H,29,33);6-7,10,15,19H,5,8-9,11-12H2,1-2,4H3;1-3H,4,6H2/t16-,20-,24-,25-;15-,19-,20-,21+;/m11./s1. The molecule has 1 amide bonds. The van der Waals surface area contributed by atoms with E-state index in [4.69, 9.17) is 40.6 Å². The van der Waals surface area contributed by atoms with Crippen LogP contribution in [-0.4, -0.2) is 68.1 Å². The van der Waals surface area contributed by atoms with Crippen LogP contribution in [0.25, 0.3) is 9.69 Å². The first kappa shape index (κ1) is 49.2. The summed E-state index contributed by atoms with van der Waals surface area (Å²) in [4.78, 5) is 52.5. The molecule has 5 aliphatic rings. The molecule has 16 heteroatoms. The molecule has 2 aromatic heterocycles. The van der Waals surface area contributed by atoms with Crippen molar-refractivity contribution >= 4 is 52.2 Å². The van der Waals surface area contributed by atoms with Crippen LogP contribution in [0.5, 0.6) is 0 Å². The molecule has 9 rings (SSSR count). The molecule has 2 aromatic carbocycles. The second-order valence-electron chi connectivity index (χ2n) is 18.2. The van der Waals surface area contributed by atoms with E-state index in [1.54, 1.807) is 63.0 Å². The molecule has 348 valence electrons. The third-order valence-corrected chi connectivity index (χ3v) is 16.8. The quantitative estimate of drug-likeness (QED) is 0.0925. The van der Waals surface area contributed by atoms with Crippen LogP contribution < -0.4 is 11.1 Å². The van der Waals surface area contributed by atoms with Gasteiger partial charge in [-0.05, 0) is 128 Å². The van der Waals surface area contributed by atoms with Gasteiger partial charge in [0.05, 0.1) is 38.4 Å². The smallest absolute Gasteiger partial charge is 0.260 e. The number of Topliss-reactive ketones (excluding diaryl/α,β-unsaturated/α-hetero) is 1. The number of nitrogens with zero attached hydrogens (tertiary/aromatic N) is 8. The predicted octanol–water partition coefficient (Wildman–Crippen LogP) is 8.85. The number of aromatic nitrogens is 4. The van der Waals surface area contributed by atoms with Crippen LogP contribution in [0, 0.1) is 46.5 Å². The van der Waals surface area contributed by atoms with Gasteiger partial charge in [0.15, 0.2) is 22.3 Å². The highest BCUT2D eigenvalue weighted by atomic mass is 32.2. The molecule has 1 saturated heterocycles. The Kier molecular flexibility index (Phi) is 15.2. The lowest BCUT2D eigenvalue weighted by Crippen LogP contribution is -2.58. The highest BCUT2D eigenvalue weighted by Crippen LogP contribution is 2.66. The van der Waals surface area contributed by atoms with Gasteiger partial charge in [-0.2, -0.15) is 5.26 Å². The highest BCUT2D eigenvalue weighted by molar-refractivity contribution is 8.05. The molecule has 3 N–H and O–H groups in total. The number of rotatable bonds is 9. The van der Waals surface area contributed by atoms with E-state index in [0.29, 0.717) is 46.5 Å². The van der Waals surface area contributed by atoms with Gasteiger partial charge in [-0.25, -0.2) is 29.6 Å². The van der Waals surface area contributed by atoms with E-state index < -0.39 is 10.3 Å². The summed E-state index contributed by atoms with van der Waals surface area (Å²) in [6.45, 7) is 21.5. The second-order valence-corrected chi connectivity index (χ2v) is 19.6. The molecule has 1 aliphatic heterocycles. The molecular formula is C51H58N10O4S2. The second kappa shape index (κ2) is 20.7. The number of thioether (sulfide) groups is 1. The monoisotopic (exact) mass is 938 g/mol. The van der Waals surface area contributed by atoms with Crippen LogP contribution in [0.15, 0.2) is 73.3 Å². The highest BCUT2D eigenvalue weighted by Gasteiger charge is 2.68. The molecule has 0 unspecified atom stereocenters. The molecule has 67 heavy (non-hydrogen) atoms. The molecule has 3 fully saturated rings. The average Bonchev–Trinajstić information content (AvgIpc) is 3.89. The van der Waals surface area contributed by atoms with Crippen molar-refractivity contribution in [2.75, 3.05) is 14.2 Å². The van der Waals surface area contributed by atoms with E-state index in [-0.39, 0.29) is 41.3 Å². The van der Waals surface area contributed by atoms with Gasteiger partial charge in [0.25, 0.3) is 5.91 Å². The van der Waals surface area contributed by atoms with E-state index in [1.165, 1.54) is 0 Å². The van der Waals surface area contributed by atoms with Gasteiger partial charge in [-0.15, -0.1) is 0 Å². The Morgan fingerprint density at radius 3 is 1.88 bits per heavy atom. The molecule has 0 radical (unpaired) electrons. The number of nitrogens with two attached hydrogens (primary N) is 1. The maximum Gasteiger partial charge on any atom is 0.260 e. The van der Waals surface area contributed by atoms with Crippen LogP contribution in [0.2, 0.25) is 0 Å². The van der Waals surface area contributed by atoms with Crippen molar-refractivity contribution in [1.29, 1.82) is 5.26 Å². The Hall–Kier alpha value is -5.67. The summed E-state index contributed by atoms with van der Waals surface area (Å²) in [6, 6.07) is 14.9. The van der Waals surface area contributed by atoms with Crippen molar-refractivity contribution in [2.24, 2.45) is 28.4 Å². The molecule has 4 aromatic rings. The van der Waals surface area contributed by atoms with Gasteiger partial charge < -0.3 is 20.5 Å². The number of carbonyl (C=O) groups is 2. The van der Waals surface area contributed by atoms with Crippen molar-refractivity contribution < 1.29 is 19.1 Å². The maximum absolute atomic E-state index is 14.3. The Bertz CT molecular complexity index is 2600. The lowest BCUT2D eigenvalue weighted by Gasteiger charge is -2.50. The Morgan fingerprint density at radius 1 is 0.881 bits per heavy atom. The van der Waals surface area contributed by atoms with Gasteiger partial charge in [0, 0.05) is 49.8 Å². The summed E-state index contributed by atoms with van der Waals surface area (Å²) < 4.78 is 10.6. The van der Waals surface area contributed by atoms with Gasteiger partial charge in [0.1, 0.15) is 27.3 Å². The Morgan fingerprint density at radius 2 is 1.39 bits per heavy atom. The fraction of sp³-hybridized carbons (Fsp3) is 0.490. The zero-order chi connectivity index (χ0) is 48.0. The van der Waals surface area contributed by atoms with Gasteiger partial charge in [-0.1, -0.05) is 63.1 Å². The van der Waals surface area contributed by atoms with Crippen molar-refractivity contribution in [1.82, 2.24) is 30.2 Å².